The van der Waals surface area contributed by atoms with E-state index in [2.05, 4.69) is 14.7 Å². The van der Waals surface area contributed by atoms with E-state index in [1.165, 1.54) is 16.4 Å². The Morgan fingerprint density at radius 2 is 1.82 bits per heavy atom. The second-order valence-electron chi connectivity index (χ2n) is 6.17. The van der Waals surface area contributed by atoms with Gasteiger partial charge in [0.2, 0.25) is 15.2 Å². The van der Waals surface area contributed by atoms with Crippen LogP contribution in [0.25, 0.3) is 11.4 Å². The number of amides is 1. The zero-order chi connectivity index (χ0) is 19.7. The van der Waals surface area contributed by atoms with Crippen LogP contribution in [0.2, 0.25) is 0 Å². The lowest BCUT2D eigenvalue weighted by molar-refractivity contribution is 0.102. The van der Waals surface area contributed by atoms with Crippen LogP contribution < -0.4 is 9.62 Å². The molecule has 0 aliphatic carbocycles. The monoisotopic (exact) mass is 418 g/mol. The van der Waals surface area contributed by atoms with Crippen LogP contribution in [0, 0.1) is 5.82 Å². The molecule has 3 aromatic rings. The molecule has 1 N–H and O–H groups in total. The van der Waals surface area contributed by atoms with Crippen LogP contribution in [0.3, 0.4) is 0 Å². The smallest absolute Gasteiger partial charge is 0.257 e. The lowest BCUT2D eigenvalue weighted by Gasteiger charge is -2.16. The summed E-state index contributed by atoms with van der Waals surface area (Å²) in [4.78, 5) is 16.7. The third-order valence-corrected chi connectivity index (χ3v) is 6.77. The normalized spacial score (nSPS) is 15.5. The predicted molar refractivity (Wildman–Crippen MR) is 105 cm³/mol. The Balaban J connectivity index is 1.46. The quantitative estimate of drug-likeness (QED) is 0.703. The van der Waals surface area contributed by atoms with Gasteiger partial charge in [0.25, 0.3) is 5.91 Å². The van der Waals surface area contributed by atoms with Gasteiger partial charge in [-0.3, -0.25) is 14.4 Å². The van der Waals surface area contributed by atoms with Crippen molar-refractivity contribution < 1.29 is 17.6 Å². The Morgan fingerprint density at radius 3 is 2.46 bits per heavy atom. The van der Waals surface area contributed by atoms with Crippen LogP contribution in [0.4, 0.5) is 15.2 Å². The van der Waals surface area contributed by atoms with Crippen molar-refractivity contribution in [3.05, 3.63) is 59.9 Å². The van der Waals surface area contributed by atoms with Crippen molar-refractivity contribution in [2.45, 2.75) is 6.42 Å². The number of sulfonamides is 1. The van der Waals surface area contributed by atoms with E-state index < -0.39 is 10.0 Å². The molecule has 10 heteroatoms. The molecule has 1 aliphatic heterocycles. The summed E-state index contributed by atoms with van der Waals surface area (Å²) in [5.41, 5.74) is 1.57. The molecule has 2 aromatic carbocycles. The Kier molecular flexibility index (Phi) is 4.82. The van der Waals surface area contributed by atoms with E-state index in [9.17, 15) is 17.6 Å². The summed E-state index contributed by atoms with van der Waals surface area (Å²) in [5.74, 6) is -0.187. The highest BCUT2D eigenvalue weighted by atomic mass is 32.2. The van der Waals surface area contributed by atoms with Gasteiger partial charge >= 0.3 is 0 Å². The third-order valence-electron chi connectivity index (χ3n) is 4.27. The Morgan fingerprint density at radius 1 is 1.11 bits per heavy atom. The molecule has 0 spiro atoms. The van der Waals surface area contributed by atoms with Crippen molar-refractivity contribution >= 4 is 38.3 Å². The molecule has 28 heavy (non-hydrogen) atoms. The SMILES string of the molecule is O=C(Nc1nc(-c2ccc(F)cc2)ns1)c1ccc(N2CCCS2(=O)=O)cc1. The number of anilines is 2. The number of carbonyl (C=O) groups is 1. The number of hydrogen-bond acceptors (Lipinski definition) is 6. The molecule has 0 radical (unpaired) electrons. The molecule has 1 fully saturated rings. The van der Waals surface area contributed by atoms with Crippen molar-refractivity contribution in [2.24, 2.45) is 0 Å². The van der Waals surface area contributed by atoms with Gasteiger partial charge in [-0.25, -0.2) is 12.8 Å². The molecule has 1 amide bonds. The Hall–Kier alpha value is -2.85. The molecule has 0 saturated carbocycles. The minimum atomic E-state index is -3.26. The highest BCUT2D eigenvalue weighted by Crippen LogP contribution is 2.25. The highest BCUT2D eigenvalue weighted by Gasteiger charge is 2.28. The van der Waals surface area contributed by atoms with Gasteiger partial charge in [0.05, 0.1) is 11.4 Å². The van der Waals surface area contributed by atoms with E-state index in [-0.39, 0.29) is 17.5 Å². The lowest BCUT2D eigenvalue weighted by atomic mass is 10.2. The third kappa shape index (κ3) is 3.73. The first kappa shape index (κ1) is 18.5. The minimum Gasteiger partial charge on any atom is -0.297 e. The van der Waals surface area contributed by atoms with Crippen LogP contribution in [0.1, 0.15) is 16.8 Å². The number of nitrogens with one attached hydrogen (secondary N) is 1. The summed E-state index contributed by atoms with van der Waals surface area (Å²) >= 11 is 1.02. The molecule has 1 saturated heterocycles. The molecule has 7 nitrogen and oxygen atoms in total. The van der Waals surface area contributed by atoms with Gasteiger partial charge in [-0.05, 0) is 55.0 Å². The number of halogens is 1. The topological polar surface area (TPSA) is 92.3 Å². The predicted octanol–water partition coefficient (Wildman–Crippen LogP) is 3.14. The average molecular weight is 418 g/mol. The Labute approximate surface area is 165 Å². The zero-order valence-corrected chi connectivity index (χ0v) is 16.1. The standard InChI is InChI=1S/C18H15FN4O3S2/c19-14-6-2-12(3-7-14)16-20-18(27-22-16)21-17(24)13-4-8-15(9-5-13)23-10-1-11-28(23,25)26/h2-9H,1,10-11H2,(H,20,21,22,24). The summed E-state index contributed by atoms with van der Waals surface area (Å²) in [6.45, 7) is 0.449. The van der Waals surface area contributed by atoms with E-state index in [1.54, 1.807) is 36.4 Å². The fourth-order valence-corrected chi connectivity index (χ4v) is 5.02. The van der Waals surface area contributed by atoms with E-state index in [1.807, 2.05) is 0 Å². The summed E-state index contributed by atoms with van der Waals surface area (Å²) in [6.07, 6.45) is 0.595. The van der Waals surface area contributed by atoms with E-state index in [4.69, 9.17) is 0 Å². The maximum atomic E-state index is 13.0. The average Bonchev–Trinajstić information content (AvgIpc) is 3.28. The van der Waals surface area contributed by atoms with Gasteiger partial charge in [0.15, 0.2) is 5.82 Å². The maximum absolute atomic E-state index is 13.0. The summed E-state index contributed by atoms with van der Waals surface area (Å²) in [5, 5.41) is 2.98. The van der Waals surface area contributed by atoms with Gasteiger partial charge in [-0.1, -0.05) is 0 Å². The lowest BCUT2D eigenvalue weighted by Crippen LogP contribution is -2.25. The molecule has 4 rings (SSSR count). The molecule has 1 aliphatic rings. The number of aromatic nitrogens is 2. The van der Waals surface area contributed by atoms with Gasteiger partial charge in [-0.15, -0.1) is 0 Å². The summed E-state index contributed by atoms with van der Waals surface area (Å²) in [7, 11) is -3.26. The van der Waals surface area contributed by atoms with Crippen LogP contribution in [-0.2, 0) is 10.0 Å². The first-order valence-electron chi connectivity index (χ1n) is 8.44. The minimum absolute atomic E-state index is 0.142. The Bertz CT molecular complexity index is 1110. The van der Waals surface area contributed by atoms with Gasteiger partial charge in [0, 0.05) is 29.2 Å². The largest absolute Gasteiger partial charge is 0.297 e. The molecule has 2 heterocycles. The van der Waals surface area contributed by atoms with Gasteiger partial charge in [-0.2, -0.15) is 9.36 Å². The van der Waals surface area contributed by atoms with E-state index in [0.29, 0.717) is 40.7 Å². The molecule has 144 valence electrons. The molecule has 0 atom stereocenters. The molecular weight excluding hydrogens is 403 g/mol. The molecule has 0 bridgehead atoms. The molecule has 0 unspecified atom stereocenters. The first-order valence-corrected chi connectivity index (χ1v) is 10.8. The van der Waals surface area contributed by atoms with Crippen molar-refractivity contribution in [3.63, 3.8) is 0 Å². The number of rotatable bonds is 4. The number of carbonyl (C=O) groups excluding carboxylic acids is 1. The summed E-state index contributed by atoms with van der Waals surface area (Å²) in [6, 6.07) is 12.1. The zero-order valence-electron chi connectivity index (χ0n) is 14.5. The summed E-state index contributed by atoms with van der Waals surface area (Å²) < 4.78 is 42.5. The fraction of sp³-hybridized carbons (Fsp3) is 0.167. The van der Waals surface area contributed by atoms with Crippen molar-refractivity contribution in [2.75, 3.05) is 21.9 Å². The first-order chi connectivity index (χ1) is 13.4. The fourth-order valence-electron chi connectivity index (χ4n) is 2.87. The van der Waals surface area contributed by atoms with Gasteiger partial charge < -0.3 is 0 Å². The van der Waals surface area contributed by atoms with Crippen LogP contribution in [0.15, 0.2) is 48.5 Å². The second kappa shape index (κ2) is 7.28. The molecule has 1 aromatic heterocycles. The van der Waals surface area contributed by atoms with E-state index in [0.717, 1.165) is 11.5 Å². The van der Waals surface area contributed by atoms with Crippen LogP contribution >= 0.6 is 11.5 Å². The van der Waals surface area contributed by atoms with E-state index >= 15 is 0 Å². The van der Waals surface area contributed by atoms with Crippen LogP contribution in [-0.4, -0.2) is 36.0 Å². The van der Waals surface area contributed by atoms with Crippen molar-refractivity contribution in [1.29, 1.82) is 0 Å². The number of hydrogen-bond donors (Lipinski definition) is 1. The maximum Gasteiger partial charge on any atom is 0.257 e. The van der Waals surface area contributed by atoms with Crippen molar-refractivity contribution in [1.82, 2.24) is 9.36 Å². The highest BCUT2D eigenvalue weighted by molar-refractivity contribution is 7.93. The van der Waals surface area contributed by atoms with Crippen LogP contribution in [0.5, 0.6) is 0 Å². The molecular formula is C18H15FN4O3S2. The number of nitrogens with zero attached hydrogens (tertiary/aromatic N) is 3. The van der Waals surface area contributed by atoms with Gasteiger partial charge in [0.1, 0.15) is 5.82 Å². The number of benzene rings is 2. The second-order valence-corrected chi connectivity index (χ2v) is 8.94. The van der Waals surface area contributed by atoms with Crippen molar-refractivity contribution in [3.8, 4) is 11.4 Å².